The van der Waals surface area contributed by atoms with Crippen molar-refractivity contribution in [2.75, 3.05) is 16.7 Å². The summed E-state index contributed by atoms with van der Waals surface area (Å²) in [5.74, 6) is -0.432. The molecule has 0 bridgehead atoms. The maximum atomic E-state index is 13.0. The Labute approximate surface area is 176 Å². The van der Waals surface area contributed by atoms with Crippen LogP contribution < -0.4 is 9.62 Å². The number of amides is 1. The maximum Gasteiger partial charge on any atom is 0.264 e. The highest BCUT2D eigenvalue weighted by Gasteiger charge is 2.22. The smallest absolute Gasteiger partial charge is 0.264 e. The summed E-state index contributed by atoms with van der Waals surface area (Å²) in [4.78, 5) is 12.8. The van der Waals surface area contributed by atoms with Crippen molar-refractivity contribution < 1.29 is 13.2 Å². The zero-order chi connectivity index (χ0) is 21.2. The number of rotatable bonds is 5. The van der Waals surface area contributed by atoms with Gasteiger partial charge >= 0.3 is 0 Å². The molecule has 0 saturated heterocycles. The van der Waals surface area contributed by atoms with Gasteiger partial charge in [0.15, 0.2) is 0 Å². The van der Waals surface area contributed by atoms with Crippen LogP contribution in [-0.2, 0) is 10.0 Å². The van der Waals surface area contributed by atoms with Gasteiger partial charge < -0.3 is 5.32 Å². The number of aryl methyl sites for hydroxylation is 2. The molecular formula is C22H21ClN2O3S. The standard InChI is InChI=1S/C22H21ClN2O3S/c1-15-12-16(2)21(20(23)13-15)24-22(26)17-8-7-11-19(14-17)29(27,28)25(3)18-9-5-4-6-10-18/h4-14H,1-3H3,(H,24,26). The number of sulfonamides is 1. The molecule has 3 aromatic rings. The summed E-state index contributed by atoms with van der Waals surface area (Å²) < 4.78 is 27.2. The fourth-order valence-electron chi connectivity index (χ4n) is 2.99. The van der Waals surface area contributed by atoms with Crippen molar-refractivity contribution in [1.29, 1.82) is 0 Å². The van der Waals surface area contributed by atoms with E-state index in [0.717, 1.165) is 11.1 Å². The molecule has 29 heavy (non-hydrogen) atoms. The van der Waals surface area contributed by atoms with Crippen LogP contribution in [0.1, 0.15) is 21.5 Å². The van der Waals surface area contributed by atoms with Gasteiger partial charge in [-0.1, -0.05) is 41.9 Å². The molecule has 5 nitrogen and oxygen atoms in total. The van der Waals surface area contributed by atoms with Crippen LogP contribution in [-0.4, -0.2) is 21.4 Å². The van der Waals surface area contributed by atoms with E-state index in [1.807, 2.05) is 26.0 Å². The zero-order valence-corrected chi connectivity index (χ0v) is 17.9. The first-order chi connectivity index (χ1) is 13.7. The van der Waals surface area contributed by atoms with E-state index in [1.165, 1.54) is 23.5 Å². The first-order valence-corrected chi connectivity index (χ1v) is 10.7. The molecule has 0 heterocycles. The Morgan fingerprint density at radius 2 is 1.66 bits per heavy atom. The normalized spacial score (nSPS) is 11.2. The number of carbonyl (C=O) groups is 1. The fourth-order valence-corrected chi connectivity index (χ4v) is 4.60. The van der Waals surface area contributed by atoms with Crippen LogP contribution >= 0.6 is 11.6 Å². The summed E-state index contributed by atoms with van der Waals surface area (Å²) in [6.45, 7) is 3.77. The summed E-state index contributed by atoms with van der Waals surface area (Å²) in [5, 5.41) is 3.22. The van der Waals surface area contributed by atoms with E-state index in [2.05, 4.69) is 5.32 Å². The molecule has 0 saturated carbocycles. The lowest BCUT2D eigenvalue weighted by molar-refractivity contribution is 0.102. The van der Waals surface area contributed by atoms with Crippen LogP contribution in [0.5, 0.6) is 0 Å². The van der Waals surface area contributed by atoms with E-state index >= 15 is 0 Å². The van der Waals surface area contributed by atoms with Crippen LogP contribution in [0.25, 0.3) is 0 Å². The molecule has 3 aromatic carbocycles. The van der Waals surface area contributed by atoms with Gasteiger partial charge in [0.1, 0.15) is 0 Å². The second kappa shape index (κ2) is 8.27. The number of carbonyl (C=O) groups excluding carboxylic acids is 1. The molecule has 0 unspecified atom stereocenters. The van der Waals surface area contributed by atoms with Crippen molar-refractivity contribution in [3.8, 4) is 0 Å². The topological polar surface area (TPSA) is 66.5 Å². The summed E-state index contributed by atoms with van der Waals surface area (Å²) in [6, 6.07) is 18.4. The van der Waals surface area contributed by atoms with Gasteiger partial charge in [-0.2, -0.15) is 0 Å². The van der Waals surface area contributed by atoms with Crippen LogP contribution in [0.3, 0.4) is 0 Å². The molecule has 0 atom stereocenters. The molecule has 0 aliphatic rings. The number of anilines is 2. The molecule has 0 aromatic heterocycles. The van der Waals surface area contributed by atoms with E-state index in [-0.39, 0.29) is 10.5 Å². The third-order valence-electron chi connectivity index (χ3n) is 4.54. The third-order valence-corrected chi connectivity index (χ3v) is 6.62. The molecule has 0 aliphatic heterocycles. The van der Waals surface area contributed by atoms with E-state index in [9.17, 15) is 13.2 Å². The van der Waals surface area contributed by atoms with Crippen molar-refractivity contribution in [1.82, 2.24) is 0 Å². The Balaban J connectivity index is 1.90. The van der Waals surface area contributed by atoms with E-state index in [0.29, 0.717) is 16.4 Å². The summed E-state index contributed by atoms with van der Waals surface area (Å²) in [7, 11) is -2.34. The summed E-state index contributed by atoms with van der Waals surface area (Å²) in [6.07, 6.45) is 0. The van der Waals surface area contributed by atoms with Gasteiger partial charge in [-0.25, -0.2) is 8.42 Å². The zero-order valence-electron chi connectivity index (χ0n) is 16.3. The van der Waals surface area contributed by atoms with E-state index < -0.39 is 15.9 Å². The van der Waals surface area contributed by atoms with Gasteiger partial charge in [0.25, 0.3) is 15.9 Å². The minimum Gasteiger partial charge on any atom is -0.320 e. The van der Waals surface area contributed by atoms with Crippen molar-refractivity contribution in [3.63, 3.8) is 0 Å². The third kappa shape index (κ3) is 4.44. The van der Waals surface area contributed by atoms with E-state index in [4.69, 9.17) is 11.6 Å². The number of nitrogens with zero attached hydrogens (tertiary/aromatic N) is 1. The lowest BCUT2D eigenvalue weighted by atomic mass is 10.1. The Hall–Kier alpha value is -2.83. The highest BCUT2D eigenvalue weighted by atomic mass is 35.5. The lowest BCUT2D eigenvalue weighted by Crippen LogP contribution is -2.26. The Morgan fingerprint density at radius 1 is 0.966 bits per heavy atom. The fraction of sp³-hybridized carbons (Fsp3) is 0.136. The lowest BCUT2D eigenvalue weighted by Gasteiger charge is -2.20. The average Bonchev–Trinajstić information content (AvgIpc) is 2.70. The van der Waals surface area contributed by atoms with Crippen LogP contribution in [0.2, 0.25) is 5.02 Å². The largest absolute Gasteiger partial charge is 0.320 e. The molecule has 0 radical (unpaired) electrons. The molecule has 7 heteroatoms. The number of benzene rings is 3. The van der Waals surface area contributed by atoms with Gasteiger partial charge in [-0.3, -0.25) is 9.10 Å². The van der Waals surface area contributed by atoms with Gasteiger partial charge in [0.05, 0.1) is 21.3 Å². The first kappa shape index (κ1) is 20.9. The van der Waals surface area contributed by atoms with Crippen molar-refractivity contribution in [2.45, 2.75) is 18.7 Å². The van der Waals surface area contributed by atoms with Crippen LogP contribution in [0.15, 0.2) is 71.6 Å². The molecule has 150 valence electrons. The molecule has 0 fully saturated rings. The quantitative estimate of drug-likeness (QED) is 0.619. The van der Waals surface area contributed by atoms with Gasteiger partial charge in [0, 0.05) is 12.6 Å². The number of para-hydroxylation sites is 1. The Morgan fingerprint density at radius 3 is 2.31 bits per heavy atom. The molecule has 0 spiro atoms. The monoisotopic (exact) mass is 428 g/mol. The first-order valence-electron chi connectivity index (χ1n) is 8.92. The highest BCUT2D eigenvalue weighted by Crippen LogP contribution is 2.28. The summed E-state index contributed by atoms with van der Waals surface area (Å²) >= 11 is 6.26. The molecule has 0 aliphatic carbocycles. The number of hydrogen-bond acceptors (Lipinski definition) is 3. The molecule has 1 amide bonds. The van der Waals surface area contributed by atoms with Gasteiger partial charge in [-0.15, -0.1) is 0 Å². The van der Waals surface area contributed by atoms with Crippen molar-refractivity contribution in [3.05, 3.63) is 88.4 Å². The molecular weight excluding hydrogens is 408 g/mol. The number of halogens is 1. The Bertz CT molecular complexity index is 1140. The second-order valence-electron chi connectivity index (χ2n) is 6.73. The average molecular weight is 429 g/mol. The molecule has 3 rings (SSSR count). The SMILES string of the molecule is Cc1cc(C)c(NC(=O)c2cccc(S(=O)(=O)N(C)c3ccccc3)c2)c(Cl)c1. The maximum absolute atomic E-state index is 13.0. The van der Waals surface area contributed by atoms with Crippen molar-refractivity contribution >= 4 is 38.9 Å². The second-order valence-corrected chi connectivity index (χ2v) is 9.11. The minimum atomic E-state index is -3.82. The van der Waals surface area contributed by atoms with Crippen LogP contribution in [0.4, 0.5) is 11.4 Å². The van der Waals surface area contributed by atoms with Crippen LogP contribution in [0, 0.1) is 13.8 Å². The van der Waals surface area contributed by atoms with E-state index in [1.54, 1.807) is 42.5 Å². The van der Waals surface area contributed by atoms with Gasteiger partial charge in [-0.05, 0) is 61.4 Å². The number of nitrogens with one attached hydrogen (secondary N) is 1. The minimum absolute atomic E-state index is 0.0308. The highest BCUT2D eigenvalue weighted by molar-refractivity contribution is 7.92. The predicted molar refractivity (Wildman–Crippen MR) is 117 cm³/mol. The predicted octanol–water partition coefficient (Wildman–Crippen LogP) is 5.03. The summed E-state index contributed by atoms with van der Waals surface area (Å²) in [5.41, 5.74) is 3.09. The number of hydrogen-bond donors (Lipinski definition) is 1. The molecule has 1 N–H and O–H groups in total. The Kier molecular flexibility index (Phi) is 5.96. The van der Waals surface area contributed by atoms with Gasteiger partial charge in [0.2, 0.25) is 0 Å². The van der Waals surface area contributed by atoms with Crippen molar-refractivity contribution in [2.24, 2.45) is 0 Å².